The number of ether oxygens (including phenoxy) is 1. The van der Waals surface area contributed by atoms with Gasteiger partial charge < -0.3 is 14.5 Å². The van der Waals surface area contributed by atoms with Gasteiger partial charge in [-0.3, -0.25) is 0 Å². The third-order valence-corrected chi connectivity index (χ3v) is 4.36. The molecule has 0 saturated carbocycles. The van der Waals surface area contributed by atoms with Crippen LogP contribution in [0.1, 0.15) is 29.9 Å². The Labute approximate surface area is 137 Å². The van der Waals surface area contributed by atoms with Crippen molar-refractivity contribution >= 4 is 6.01 Å². The highest BCUT2D eigenvalue weighted by molar-refractivity contribution is 5.34. The summed E-state index contributed by atoms with van der Waals surface area (Å²) in [7, 11) is 0. The van der Waals surface area contributed by atoms with Crippen LogP contribution in [0.4, 0.5) is 19.2 Å². The molecule has 1 aromatic carbocycles. The summed E-state index contributed by atoms with van der Waals surface area (Å²) in [5, 5.41) is 10.7. The smallest absolute Gasteiger partial charge is 0.408 e. The number of alkyl halides is 3. The van der Waals surface area contributed by atoms with E-state index in [0.717, 1.165) is 6.07 Å². The summed E-state index contributed by atoms with van der Waals surface area (Å²) in [6.07, 6.45) is -3.12. The average Bonchev–Trinajstić information content (AvgIpc) is 2.99. The Morgan fingerprint density at radius 3 is 2.58 bits per heavy atom. The molecule has 1 fully saturated rings. The number of hydrogen-bond acceptors (Lipinski definition) is 5. The summed E-state index contributed by atoms with van der Waals surface area (Å²) in [4.78, 5) is 0. The fourth-order valence-corrected chi connectivity index (χ4v) is 2.97. The maximum absolute atomic E-state index is 13.0. The number of nitrogens with one attached hydrogen (secondary N) is 1. The molecule has 0 amide bonds. The van der Waals surface area contributed by atoms with E-state index in [1.54, 1.807) is 13.0 Å². The van der Waals surface area contributed by atoms with Gasteiger partial charge in [0.15, 0.2) is 0 Å². The monoisotopic (exact) mass is 341 g/mol. The van der Waals surface area contributed by atoms with Crippen LogP contribution in [0.2, 0.25) is 0 Å². The molecule has 24 heavy (non-hydrogen) atoms. The number of anilines is 1. The van der Waals surface area contributed by atoms with Crippen molar-refractivity contribution in [3.63, 3.8) is 0 Å². The predicted octanol–water partition coefficient (Wildman–Crippen LogP) is 3.56. The molecular weight excluding hydrogens is 323 g/mol. The van der Waals surface area contributed by atoms with E-state index in [0.29, 0.717) is 44.1 Å². The lowest BCUT2D eigenvalue weighted by atomic mass is 9.73. The van der Waals surface area contributed by atoms with Gasteiger partial charge in [0.25, 0.3) is 0 Å². The van der Waals surface area contributed by atoms with E-state index in [9.17, 15) is 13.2 Å². The highest BCUT2D eigenvalue weighted by atomic mass is 19.4. The Bertz CT molecular complexity index is 694. The predicted molar refractivity (Wildman–Crippen MR) is 80.7 cm³/mol. The van der Waals surface area contributed by atoms with E-state index in [1.807, 2.05) is 0 Å². The lowest BCUT2D eigenvalue weighted by molar-refractivity contribution is -0.137. The van der Waals surface area contributed by atoms with Crippen molar-refractivity contribution in [2.24, 2.45) is 0 Å². The molecule has 0 unspecified atom stereocenters. The Morgan fingerprint density at radius 1 is 1.21 bits per heavy atom. The summed E-state index contributed by atoms with van der Waals surface area (Å²) in [5.41, 5.74) is -0.467. The van der Waals surface area contributed by atoms with Crippen LogP contribution in [0, 0.1) is 6.92 Å². The van der Waals surface area contributed by atoms with Crippen molar-refractivity contribution in [3.05, 3.63) is 41.3 Å². The molecule has 130 valence electrons. The van der Waals surface area contributed by atoms with Crippen LogP contribution in [-0.4, -0.2) is 30.0 Å². The third-order valence-electron chi connectivity index (χ3n) is 4.36. The summed E-state index contributed by atoms with van der Waals surface area (Å²) in [6, 6.07) is 5.77. The SMILES string of the molecule is Cc1nnc(NCC2(c3cccc(C(F)(F)F)c3)CCOCC2)o1. The Balaban J connectivity index is 1.88. The standard InChI is InChI=1S/C16H18F3N3O2/c1-11-21-22-14(24-11)20-10-15(5-7-23-8-6-15)12-3-2-4-13(9-12)16(17,18)19/h2-4,9H,5-8,10H2,1H3,(H,20,22). The van der Waals surface area contributed by atoms with E-state index in [1.165, 1.54) is 12.1 Å². The molecule has 1 aliphatic heterocycles. The van der Waals surface area contributed by atoms with Gasteiger partial charge >= 0.3 is 12.2 Å². The maximum atomic E-state index is 13.0. The zero-order chi connectivity index (χ0) is 17.2. The molecule has 3 rings (SSSR count). The lowest BCUT2D eigenvalue weighted by Gasteiger charge is -2.38. The fourth-order valence-electron chi connectivity index (χ4n) is 2.97. The van der Waals surface area contributed by atoms with Gasteiger partial charge in [0, 0.05) is 32.1 Å². The highest BCUT2D eigenvalue weighted by Crippen LogP contribution is 2.38. The topological polar surface area (TPSA) is 60.2 Å². The zero-order valence-electron chi connectivity index (χ0n) is 13.2. The van der Waals surface area contributed by atoms with Crippen molar-refractivity contribution in [2.45, 2.75) is 31.4 Å². The second kappa shape index (κ2) is 6.43. The van der Waals surface area contributed by atoms with Crippen molar-refractivity contribution in [1.29, 1.82) is 0 Å². The van der Waals surface area contributed by atoms with Gasteiger partial charge in [-0.15, -0.1) is 5.10 Å². The van der Waals surface area contributed by atoms with Crippen LogP contribution in [0.25, 0.3) is 0 Å². The van der Waals surface area contributed by atoms with Crippen LogP contribution in [-0.2, 0) is 16.3 Å². The Hall–Kier alpha value is -2.09. The molecule has 2 aromatic rings. The zero-order valence-corrected chi connectivity index (χ0v) is 13.2. The minimum absolute atomic E-state index is 0.269. The molecule has 0 bridgehead atoms. The van der Waals surface area contributed by atoms with Gasteiger partial charge in [-0.2, -0.15) is 13.2 Å². The van der Waals surface area contributed by atoms with Gasteiger partial charge in [-0.25, -0.2) is 0 Å². The highest BCUT2D eigenvalue weighted by Gasteiger charge is 2.37. The number of halogens is 3. The summed E-state index contributed by atoms with van der Waals surface area (Å²) >= 11 is 0. The minimum atomic E-state index is -4.36. The Kier molecular flexibility index (Phi) is 4.49. The molecule has 1 aliphatic rings. The molecular formula is C16H18F3N3O2. The molecule has 0 atom stereocenters. The minimum Gasteiger partial charge on any atom is -0.408 e. The third kappa shape index (κ3) is 3.53. The van der Waals surface area contributed by atoms with Gasteiger partial charge in [0.05, 0.1) is 5.56 Å². The van der Waals surface area contributed by atoms with Gasteiger partial charge in [0.1, 0.15) is 0 Å². The molecule has 1 N–H and O–H groups in total. The van der Waals surface area contributed by atoms with Crippen LogP contribution >= 0.6 is 0 Å². The first-order valence-corrected chi connectivity index (χ1v) is 7.69. The molecule has 1 aromatic heterocycles. The van der Waals surface area contributed by atoms with E-state index >= 15 is 0 Å². The van der Waals surface area contributed by atoms with Gasteiger partial charge in [-0.1, -0.05) is 23.3 Å². The molecule has 8 heteroatoms. The summed E-state index contributed by atoms with van der Waals surface area (Å²) in [5.74, 6) is 0.428. The number of nitrogens with zero attached hydrogens (tertiary/aromatic N) is 2. The maximum Gasteiger partial charge on any atom is 0.416 e. The van der Waals surface area contributed by atoms with Crippen LogP contribution < -0.4 is 5.32 Å². The van der Waals surface area contributed by atoms with Crippen molar-refractivity contribution in [1.82, 2.24) is 10.2 Å². The van der Waals surface area contributed by atoms with Gasteiger partial charge in [0.2, 0.25) is 5.89 Å². The molecule has 0 aliphatic carbocycles. The number of aryl methyl sites for hydroxylation is 1. The first-order chi connectivity index (χ1) is 11.4. The second-order valence-electron chi connectivity index (χ2n) is 5.95. The number of benzene rings is 1. The first kappa shape index (κ1) is 16.8. The fraction of sp³-hybridized carbons (Fsp3) is 0.500. The molecule has 0 radical (unpaired) electrons. The average molecular weight is 341 g/mol. The van der Waals surface area contributed by atoms with Gasteiger partial charge in [-0.05, 0) is 24.5 Å². The van der Waals surface area contributed by atoms with Crippen molar-refractivity contribution in [2.75, 3.05) is 25.1 Å². The quantitative estimate of drug-likeness (QED) is 0.921. The number of hydrogen-bond donors (Lipinski definition) is 1. The molecule has 5 nitrogen and oxygen atoms in total. The second-order valence-corrected chi connectivity index (χ2v) is 5.95. The van der Waals surface area contributed by atoms with Crippen molar-refractivity contribution in [3.8, 4) is 0 Å². The van der Waals surface area contributed by atoms with E-state index < -0.39 is 17.2 Å². The number of aromatic nitrogens is 2. The van der Waals surface area contributed by atoms with E-state index in [2.05, 4.69) is 15.5 Å². The van der Waals surface area contributed by atoms with E-state index in [4.69, 9.17) is 9.15 Å². The normalized spacial score (nSPS) is 17.7. The lowest BCUT2D eigenvalue weighted by Crippen LogP contribution is -2.40. The molecule has 1 saturated heterocycles. The van der Waals surface area contributed by atoms with Crippen LogP contribution in [0.15, 0.2) is 28.7 Å². The largest absolute Gasteiger partial charge is 0.416 e. The van der Waals surface area contributed by atoms with E-state index in [-0.39, 0.29) is 6.01 Å². The van der Waals surface area contributed by atoms with Crippen molar-refractivity contribution < 1.29 is 22.3 Å². The molecule has 0 spiro atoms. The number of rotatable bonds is 4. The van der Waals surface area contributed by atoms with Crippen LogP contribution in [0.5, 0.6) is 0 Å². The summed E-state index contributed by atoms with van der Waals surface area (Å²) < 4.78 is 49.8. The summed E-state index contributed by atoms with van der Waals surface area (Å²) in [6.45, 7) is 3.08. The Morgan fingerprint density at radius 2 is 1.96 bits per heavy atom. The van der Waals surface area contributed by atoms with Crippen LogP contribution in [0.3, 0.4) is 0 Å². The molecule has 2 heterocycles. The first-order valence-electron chi connectivity index (χ1n) is 7.69.